The van der Waals surface area contributed by atoms with Gasteiger partial charge in [-0.2, -0.15) is 0 Å². The molecule has 2 atom stereocenters. The van der Waals surface area contributed by atoms with Crippen LogP contribution in [0.15, 0.2) is 16.3 Å². The first kappa shape index (κ1) is 14.0. The molecule has 2 rings (SSSR count). The van der Waals surface area contributed by atoms with Crippen molar-refractivity contribution in [1.82, 2.24) is 10.0 Å². The SMILES string of the molecule is CCCC1CC1NS(=O)(=O)c1ccc(CNC)s1. The Morgan fingerprint density at radius 2 is 2.22 bits per heavy atom. The van der Waals surface area contributed by atoms with E-state index < -0.39 is 10.0 Å². The lowest BCUT2D eigenvalue weighted by atomic mass is 10.2. The fraction of sp³-hybridized carbons (Fsp3) is 0.667. The lowest BCUT2D eigenvalue weighted by molar-refractivity contribution is 0.575. The summed E-state index contributed by atoms with van der Waals surface area (Å²) in [4.78, 5) is 1.04. The van der Waals surface area contributed by atoms with Crippen LogP contribution < -0.4 is 10.0 Å². The van der Waals surface area contributed by atoms with Crippen molar-refractivity contribution in [3.8, 4) is 0 Å². The standard InChI is InChI=1S/C12H20N2O2S2/c1-3-4-9-7-11(9)14-18(15,16)12-6-5-10(17-12)8-13-2/h5-6,9,11,13-14H,3-4,7-8H2,1-2H3. The van der Waals surface area contributed by atoms with Gasteiger partial charge in [-0.05, 0) is 37.9 Å². The Labute approximate surface area is 113 Å². The summed E-state index contributed by atoms with van der Waals surface area (Å²) in [6.07, 6.45) is 3.22. The van der Waals surface area contributed by atoms with E-state index in [2.05, 4.69) is 17.0 Å². The molecule has 0 saturated heterocycles. The third-order valence-electron chi connectivity index (χ3n) is 3.14. The topological polar surface area (TPSA) is 58.2 Å². The Bertz CT molecular complexity index is 496. The molecule has 0 spiro atoms. The van der Waals surface area contributed by atoms with E-state index in [0.29, 0.717) is 16.7 Å². The minimum absolute atomic E-state index is 0.157. The van der Waals surface area contributed by atoms with Crippen molar-refractivity contribution in [2.45, 2.75) is 43.0 Å². The Hall–Kier alpha value is -0.430. The van der Waals surface area contributed by atoms with Crippen molar-refractivity contribution >= 4 is 21.4 Å². The molecule has 2 N–H and O–H groups in total. The highest BCUT2D eigenvalue weighted by Crippen LogP contribution is 2.36. The quantitative estimate of drug-likeness (QED) is 0.806. The summed E-state index contributed by atoms with van der Waals surface area (Å²) in [7, 11) is -1.45. The molecule has 1 fully saturated rings. The molecule has 1 aromatic heterocycles. The molecule has 102 valence electrons. The fourth-order valence-electron chi connectivity index (χ4n) is 2.11. The van der Waals surface area contributed by atoms with Gasteiger partial charge in [-0.1, -0.05) is 13.3 Å². The lowest BCUT2D eigenvalue weighted by Gasteiger charge is -2.03. The van der Waals surface area contributed by atoms with Gasteiger partial charge in [-0.15, -0.1) is 11.3 Å². The van der Waals surface area contributed by atoms with E-state index in [1.807, 2.05) is 13.1 Å². The average molecular weight is 288 g/mol. The third kappa shape index (κ3) is 3.32. The third-order valence-corrected chi connectivity index (χ3v) is 6.21. The van der Waals surface area contributed by atoms with Gasteiger partial charge in [0, 0.05) is 17.5 Å². The van der Waals surface area contributed by atoms with E-state index in [1.54, 1.807) is 6.07 Å². The number of hydrogen-bond donors (Lipinski definition) is 2. The van der Waals surface area contributed by atoms with Crippen molar-refractivity contribution in [2.75, 3.05) is 7.05 Å². The molecule has 1 aromatic rings. The minimum Gasteiger partial charge on any atom is -0.315 e. The van der Waals surface area contributed by atoms with E-state index in [0.717, 1.165) is 24.1 Å². The van der Waals surface area contributed by atoms with Crippen LogP contribution in [-0.4, -0.2) is 21.5 Å². The van der Waals surface area contributed by atoms with Gasteiger partial charge in [-0.25, -0.2) is 13.1 Å². The van der Waals surface area contributed by atoms with Crippen LogP contribution in [0.5, 0.6) is 0 Å². The predicted octanol–water partition coefficient (Wildman–Crippen LogP) is 1.93. The number of rotatable bonds is 7. The second-order valence-electron chi connectivity index (χ2n) is 4.76. The Morgan fingerprint density at radius 1 is 1.44 bits per heavy atom. The van der Waals surface area contributed by atoms with E-state index >= 15 is 0 Å². The van der Waals surface area contributed by atoms with Crippen LogP contribution in [0.25, 0.3) is 0 Å². The van der Waals surface area contributed by atoms with Gasteiger partial charge in [0.1, 0.15) is 4.21 Å². The first-order valence-electron chi connectivity index (χ1n) is 6.32. The van der Waals surface area contributed by atoms with Gasteiger partial charge in [0.15, 0.2) is 0 Å². The first-order chi connectivity index (χ1) is 8.56. The predicted molar refractivity (Wildman–Crippen MR) is 74.2 cm³/mol. The molecule has 6 heteroatoms. The highest BCUT2D eigenvalue weighted by Gasteiger charge is 2.39. The number of thiophene rings is 1. The van der Waals surface area contributed by atoms with E-state index in [9.17, 15) is 8.42 Å². The van der Waals surface area contributed by atoms with Crippen LogP contribution in [0.4, 0.5) is 0 Å². The monoisotopic (exact) mass is 288 g/mol. The van der Waals surface area contributed by atoms with E-state index in [1.165, 1.54) is 11.3 Å². The Morgan fingerprint density at radius 3 is 2.89 bits per heavy atom. The van der Waals surface area contributed by atoms with Crippen molar-refractivity contribution in [1.29, 1.82) is 0 Å². The summed E-state index contributed by atoms with van der Waals surface area (Å²) in [5.41, 5.74) is 0. The second kappa shape index (κ2) is 5.69. The lowest BCUT2D eigenvalue weighted by Crippen LogP contribution is -2.26. The molecule has 18 heavy (non-hydrogen) atoms. The number of nitrogens with one attached hydrogen (secondary N) is 2. The highest BCUT2D eigenvalue weighted by atomic mass is 32.2. The van der Waals surface area contributed by atoms with Gasteiger partial charge in [0.05, 0.1) is 0 Å². The molecule has 1 saturated carbocycles. The van der Waals surface area contributed by atoms with Crippen molar-refractivity contribution in [3.63, 3.8) is 0 Å². The van der Waals surface area contributed by atoms with Crippen LogP contribution >= 0.6 is 11.3 Å². The fourth-order valence-corrected chi connectivity index (χ4v) is 4.81. The van der Waals surface area contributed by atoms with Crippen LogP contribution in [0, 0.1) is 5.92 Å². The maximum atomic E-state index is 12.1. The Kier molecular flexibility index (Phi) is 4.42. The molecule has 0 amide bonds. The molecule has 2 unspecified atom stereocenters. The molecule has 0 radical (unpaired) electrons. The average Bonchev–Trinajstić information content (AvgIpc) is 2.84. The molecule has 1 aliphatic rings. The summed E-state index contributed by atoms with van der Waals surface area (Å²) in [6, 6.07) is 3.72. The van der Waals surface area contributed by atoms with Gasteiger partial charge in [0.25, 0.3) is 0 Å². The van der Waals surface area contributed by atoms with Crippen molar-refractivity contribution in [3.05, 3.63) is 17.0 Å². The first-order valence-corrected chi connectivity index (χ1v) is 8.62. The maximum absolute atomic E-state index is 12.1. The van der Waals surface area contributed by atoms with E-state index in [4.69, 9.17) is 0 Å². The van der Waals surface area contributed by atoms with Gasteiger partial charge >= 0.3 is 0 Å². The maximum Gasteiger partial charge on any atom is 0.250 e. The molecule has 4 nitrogen and oxygen atoms in total. The zero-order valence-corrected chi connectivity index (χ0v) is 12.4. The van der Waals surface area contributed by atoms with E-state index in [-0.39, 0.29) is 6.04 Å². The normalized spacial score (nSPS) is 23.2. The smallest absolute Gasteiger partial charge is 0.250 e. The zero-order valence-electron chi connectivity index (χ0n) is 10.8. The molecule has 0 bridgehead atoms. The van der Waals surface area contributed by atoms with Gasteiger partial charge < -0.3 is 5.32 Å². The zero-order chi connectivity index (χ0) is 13.2. The van der Waals surface area contributed by atoms with Crippen molar-refractivity contribution in [2.24, 2.45) is 5.92 Å². The molecule has 1 aliphatic carbocycles. The molecular weight excluding hydrogens is 268 g/mol. The molecule has 0 aromatic carbocycles. The van der Waals surface area contributed by atoms with Crippen LogP contribution in [0.2, 0.25) is 0 Å². The molecule has 1 heterocycles. The van der Waals surface area contributed by atoms with Crippen molar-refractivity contribution < 1.29 is 8.42 Å². The highest BCUT2D eigenvalue weighted by molar-refractivity contribution is 7.91. The van der Waals surface area contributed by atoms with Crippen LogP contribution in [-0.2, 0) is 16.6 Å². The summed E-state index contributed by atoms with van der Waals surface area (Å²) in [5.74, 6) is 0.543. The summed E-state index contributed by atoms with van der Waals surface area (Å²) >= 11 is 1.34. The minimum atomic E-state index is -3.31. The second-order valence-corrected chi connectivity index (χ2v) is 7.87. The van der Waals surface area contributed by atoms with Gasteiger partial charge in [-0.3, -0.25) is 0 Å². The number of hydrogen-bond acceptors (Lipinski definition) is 4. The molecular formula is C12H20N2O2S2. The summed E-state index contributed by atoms with van der Waals surface area (Å²) < 4.78 is 27.5. The summed E-state index contributed by atoms with van der Waals surface area (Å²) in [5, 5.41) is 3.02. The number of sulfonamides is 1. The largest absolute Gasteiger partial charge is 0.315 e. The van der Waals surface area contributed by atoms with Gasteiger partial charge in [0.2, 0.25) is 10.0 Å². The van der Waals surface area contributed by atoms with Crippen LogP contribution in [0.1, 0.15) is 31.1 Å². The Balaban J connectivity index is 1.98. The molecule has 0 aliphatic heterocycles. The van der Waals surface area contributed by atoms with Crippen LogP contribution in [0.3, 0.4) is 0 Å². The summed E-state index contributed by atoms with van der Waals surface area (Å²) in [6.45, 7) is 2.84.